The predicted molar refractivity (Wildman–Crippen MR) is 107 cm³/mol. The number of nitrogens with one attached hydrogen (secondary N) is 1. The molecule has 4 aromatic rings. The highest BCUT2D eigenvalue weighted by Crippen LogP contribution is 2.27. The molecule has 7 nitrogen and oxygen atoms in total. The number of amides is 2. The molecule has 0 atom stereocenters. The Morgan fingerprint density at radius 3 is 2.82 bits per heavy atom. The topological polar surface area (TPSA) is 102 Å². The lowest BCUT2D eigenvalue weighted by molar-refractivity contribution is 0.0952. The summed E-state index contributed by atoms with van der Waals surface area (Å²) in [5, 5.41) is 6.69. The average Bonchev–Trinajstić information content (AvgIpc) is 3.35. The summed E-state index contributed by atoms with van der Waals surface area (Å²) >= 11 is 1.50. The van der Waals surface area contributed by atoms with Gasteiger partial charge in [-0.1, -0.05) is 6.07 Å². The molecule has 8 heteroatoms. The number of rotatable bonds is 6. The average molecular weight is 391 g/mol. The van der Waals surface area contributed by atoms with E-state index < -0.39 is 5.91 Å². The second-order valence-corrected chi connectivity index (χ2v) is 6.95. The lowest BCUT2D eigenvalue weighted by atomic mass is 10.2. The third-order valence-corrected chi connectivity index (χ3v) is 5.03. The highest BCUT2D eigenvalue weighted by Gasteiger charge is 2.22. The van der Waals surface area contributed by atoms with Crippen LogP contribution in [-0.2, 0) is 6.42 Å². The molecule has 0 fully saturated rings. The van der Waals surface area contributed by atoms with Gasteiger partial charge >= 0.3 is 0 Å². The molecule has 4 aromatic heterocycles. The summed E-state index contributed by atoms with van der Waals surface area (Å²) in [7, 11) is 0. The minimum Gasteiger partial charge on any atom is -0.364 e. The van der Waals surface area contributed by atoms with Crippen LogP contribution < -0.4 is 11.1 Å². The number of primary amides is 1. The van der Waals surface area contributed by atoms with E-state index in [1.807, 2.05) is 29.0 Å². The van der Waals surface area contributed by atoms with Crippen molar-refractivity contribution in [3.8, 4) is 11.3 Å². The third kappa shape index (κ3) is 3.37. The fourth-order valence-electron chi connectivity index (χ4n) is 3.04. The van der Waals surface area contributed by atoms with Crippen molar-refractivity contribution in [2.45, 2.75) is 6.42 Å². The summed E-state index contributed by atoms with van der Waals surface area (Å²) in [6, 6.07) is 9.07. The molecule has 0 aliphatic rings. The van der Waals surface area contributed by atoms with Crippen molar-refractivity contribution in [2.24, 2.45) is 5.73 Å². The molecule has 3 N–H and O–H groups in total. The van der Waals surface area contributed by atoms with Crippen molar-refractivity contribution in [1.82, 2.24) is 19.7 Å². The first kappa shape index (κ1) is 17.9. The summed E-state index contributed by atoms with van der Waals surface area (Å²) in [5.74, 6) is -0.852. The molecule has 0 bridgehead atoms. The Balaban J connectivity index is 1.65. The number of fused-ring (bicyclic) bond motifs is 1. The van der Waals surface area contributed by atoms with Crippen LogP contribution >= 0.6 is 11.3 Å². The molecule has 0 saturated heterocycles. The Labute approximate surface area is 164 Å². The Bertz CT molecular complexity index is 1140. The number of hydrogen-bond donors (Lipinski definition) is 2. The van der Waals surface area contributed by atoms with Crippen molar-refractivity contribution in [2.75, 3.05) is 6.54 Å². The Morgan fingerprint density at radius 1 is 1.21 bits per heavy atom. The second-order valence-electron chi connectivity index (χ2n) is 6.17. The van der Waals surface area contributed by atoms with Gasteiger partial charge in [-0.25, -0.2) is 4.98 Å². The molecule has 0 saturated carbocycles. The molecule has 0 aliphatic heterocycles. The number of pyridine rings is 2. The SMILES string of the molecule is NC(=O)c1c(-c2ccsc2)nc2c(C(=O)NCCc3cccnc3)cccn12. The van der Waals surface area contributed by atoms with Gasteiger partial charge in [0.25, 0.3) is 11.8 Å². The van der Waals surface area contributed by atoms with Gasteiger partial charge in [0.1, 0.15) is 11.4 Å². The van der Waals surface area contributed by atoms with Crippen molar-refractivity contribution < 1.29 is 9.59 Å². The van der Waals surface area contributed by atoms with E-state index in [2.05, 4.69) is 15.3 Å². The molecule has 4 heterocycles. The van der Waals surface area contributed by atoms with Crippen molar-refractivity contribution in [1.29, 1.82) is 0 Å². The van der Waals surface area contributed by atoms with Crippen LogP contribution in [0, 0.1) is 0 Å². The number of nitrogens with two attached hydrogens (primary N) is 1. The maximum absolute atomic E-state index is 12.7. The Kier molecular flexibility index (Phi) is 4.86. The molecule has 140 valence electrons. The van der Waals surface area contributed by atoms with Crippen LogP contribution in [0.25, 0.3) is 16.9 Å². The minimum absolute atomic E-state index is 0.257. The molecule has 0 unspecified atom stereocenters. The fraction of sp³-hybridized carbons (Fsp3) is 0.100. The van der Waals surface area contributed by atoms with Crippen LogP contribution in [0.2, 0.25) is 0 Å². The third-order valence-electron chi connectivity index (χ3n) is 4.34. The fourth-order valence-corrected chi connectivity index (χ4v) is 3.68. The van der Waals surface area contributed by atoms with Gasteiger partial charge in [0.15, 0.2) is 5.65 Å². The van der Waals surface area contributed by atoms with E-state index in [9.17, 15) is 9.59 Å². The van der Waals surface area contributed by atoms with Crippen LogP contribution in [0.15, 0.2) is 59.7 Å². The van der Waals surface area contributed by atoms with Crippen molar-refractivity contribution >= 4 is 28.8 Å². The zero-order valence-corrected chi connectivity index (χ0v) is 15.6. The van der Waals surface area contributed by atoms with Crippen LogP contribution in [0.3, 0.4) is 0 Å². The largest absolute Gasteiger partial charge is 0.364 e. The summed E-state index contributed by atoms with van der Waals surface area (Å²) in [6.45, 7) is 0.465. The van der Waals surface area contributed by atoms with Gasteiger partial charge in [-0.3, -0.25) is 19.0 Å². The van der Waals surface area contributed by atoms with Crippen molar-refractivity contribution in [3.05, 3.63) is 76.5 Å². The van der Waals surface area contributed by atoms with Crippen LogP contribution in [0.5, 0.6) is 0 Å². The highest BCUT2D eigenvalue weighted by molar-refractivity contribution is 7.08. The molecule has 2 amide bonds. The smallest absolute Gasteiger partial charge is 0.268 e. The van der Waals surface area contributed by atoms with Crippen LogP contribution in [0.4, 0.5) is 0 Å². The lowest BCUT2D eigenvalue weighted by Gasteiger charge is -2.07. The molecule has 28 heavy (non-hydrogen) atoms. The van der Waals surface area contributed by atoms with E-state index in [0.717, 1.165) is 11.1 Å². The van der Waals surface area contributed by atoms with E-state index in [-0.39, 0.29) is 11.6 Å². The first-order valence-electron chi connectivity index (χ1n) is 8.65. The molecule has 4 rings (SSSR count). The number of carbonyl (C=O) groups excluding carboxylic acids is 2. The standard InChI is InChI=1S/C20H17N5O2S/c21-18(26)17-16(14-6-10-28-12-14)24-19-15(4-2-9-25(17)19)20(27)23-8-5-13-3-1-7-22-11-13/h1-4,6-7,9-12H,5,8H2,(H2,21,26)(H,23,27). The maximum Gasteiger partial charge on any atom is 0.268 e. The van der Waals surface area contributed by atoms with E-state index in [1.54, 1.807) is 35.1 Å². The van der Waals surface area contributed by atoms with E-state index in [4.69, 9.17) is 5.73 Å². The van der Waals surface area contributed by atoms with Gasteiger partial charge < -0.3 is 11.1 Å². The summed E-state index contributed by atoms with van der Waals surface area (Å²) in [5.41, 5.74) is 8.96. The van der Waals surface area contributed by atoms with Gasteiger partial charge in [-0.15, -0.1) is 0 Å². The number of carbonyl (C=O) groups is 2. The molecular weight excluding hydrogens is 374 g/mol. The van der Waals surface area contributed by atoms with Crippen LogP contribution in [0.1, 0.15) is 26.4 Å². The minimum atomic E-state index is -0.595. The normalized spacial score (nSPS) is 10.9. The Hall–Kier alpha value is -3.52. The second kappa shape index (κ2) is 7.61. The zero-order valence-electron chi connectivity index (χ0n) is 14.8. The van der Waals surface area contributed by atoms with Gasteiger partial charge in [0, 0.05) is 36.1 Å². The van der Waals surface area contributed by atoms with E-state index in [1.165, 1.54) is 11.3 Å². The van der Waals surface area contributed by atoms with Gasteiger partial charge in [-0.2, -0.15) is 11.3 Å². The summed E-state index contributed by atoms with van der Waals surface area (Å²) in [6.07, 6.45) is 5.84. The molecule has 0 spiro atoms. The first-order chi connectivity index (χ1) is 13.6. The first-order valence-corrected chi connectivity index (χ1v) is 9.60. The lowest BCUT2D eigenvalue weighted by Crippen LogP contribution is -2.26. The maximum atomic E-state index is 12.7. The van der Waals surface area contributed by atoms with Gasteiger partial charge in [0.2, 0.25) is 0 Å². The number of imidazole rings is 1. The highest BCUT2D eigenvalue weighted by atomic mass is 32.1. The molecule has 0 radical (unpaired) electrons. The van der Waals surface area contributed by atoms with E-state index in [0.29, 0.717) is 29.9 Å². The van der Waals surface area contributed by atoms with E-state index >= 15 is 0 Å². The number of thiophene rings is 1. The zero-order chi connectivity index (χ0) is 19.5. The van der Waals surface area contributed by atoms with Gasteiger partial charge in [-0.05, 0) is 41.6 Å². The number of aromatic nitrogens is 3. The Morgan fingerprint density at radius 2 is 2.11 bits per heavy atom. The number of hydrogen-bond acceptors (Lipinski definition) is 5. The summed E-state index contributed by atoms with van der Waals surface area (Å²) in [4.78, 5) is 33.4. The predicted octanol–water partition coefficient (Wildman–Crippen LogP) is 2.53. The molecular formula is C20H17N5O2S. The molecule has 0 aliphatic carbocycles. The quantitative estimate of drug-likeness (QED) is 0.527. The monoisotopic (exact) mass is 391 g/mol. The van der Waals surface area contributed by atoms with Gasteiger partial charge in [0.05, 0.1) is 5.56 Å². The van der Waals surface area contributed by atoms with Crippen LogP contribution in [-0.4, -0.2) is 32.7 Å². The number of nitrogens with zero attached hydrogens (tertiary/aromatic N) is 3. The van der Waals surface area contributed by atoms with Crippen molar-refractivity contribution in [3.63, 3.8) is 0 Å². The summed E-state index contributed by atoms with van der Waals surface area (Å²) < 4.78 is 1.57. The molecule has 0 aromatic carbocycles.